The molecule has 0 saturated heterocycles. The molecule has 7 nitrogen and oxygen atoms in total. The second kappa shape index (κ2) is 8.19. The molecule has 148 valence electrons. The Balaban J connectivity index is 1.60. The van der Waals surface area contributed by atoms with Crippen molar-refractivity contribution in [3.8, 4) is 23.0 Å². The van der Waals surface area contributed by atoms with Crippen LogP contribution in [0, 0.1) is 0 Å². The molecule has 0 aliphatic rings. The molecule has 2 N–H and O–H groups in total. The summed E-state index contributed by atoms with van der Waals surface area (Å²) in [5.41, 5.74) is 8.30. The normalized spacial score (nSPS) is 12.3. The summed E-state index contributed by atoms with van der Waals surface area (Å²) in [5.74, 6) is 0.959. The molecule has 0 spiro atoms. The van der Waals surface area contributed by atoms with Crippen molar-refractivity contribution in [3.63, 3.8) is 0 Å². The summed E-state index contributed by atoms with van der Waals surface area (Å²) in [5, 5.41) is 8.27. The molecule has 0 saturated carbocycles. The van der Waals surface area contributed by atoms with Crippen LogP contribution in [-0.2, 0) is 0 Å². The van der Waals surface area contributed by atoms with Crippen LogP contribution in [0.25, 0.3) is 17.0 Å². The summed E-state index contributed by atoms with van der Waals surface area (Å²) >= 11 is 0. The van der Waals surface area contributed by atoms with E-state index in [1.807, 2.05) is 30.3 Å². The Morgan fingerprint density at radius 1 is 0.966 bits per heavy atom. The fourth-order valence-electron chi connectivity index (χ4n) is 2.87. The predicted molar refractivity (Wildman–Crippen MR) is 102 cm³/mol. The van der Waals surface area contributed by atoms with Gasteiger partial charge in [-0.2, -0.15) is 8.78 Å². The Morgan fingerprint density at radius 3 is 2.45 bits per heavy atom. The number of alkyl halides is 2. The lowest BCUT2D eigenvalue weighted by Crippen LogP contribution is -2.19. The van der Waals surface area contributed by atoms with Gasteiger partial charge in [-0.25, -0.2) is 4.40 Å². The number of hydrogen-bond donors (Lipinski definition) is 1. The number of benzene rings is 2. The number of nitrogens with zero attached hydrogens (tertiary/aromatic N) is 4. The van der Waals surface area contributed by atoms with E-state index >= 15 is 0 Å². The molecule has 0 amide bonds. The van der Waals surface area contributed by atoms with Gasteiger partial charge in [0.05, 0.1) is 18.4 Å². The third kappa shape index (κ3) is 4.14. The van der Waals surface area contributed by atoms with Crippen molar-refractivity contribution in [1.82, 2.24) is 19.6 Å². The number of ether oxygens (including phenoxy) is 2. The van der Waals surface area contributed by atoms with Crippen LogP contribution in [0.1, 0.15) is 11.6 Å². The summed E-state index contributed by atoms with van der Waals surface area (Å²) in [6, 6.07) is 15.4. The highest BCUT2D eigenvalue weighted by molar-refractivity contribution is 5.61. The molecule has 1 atom stereocenters. The van der Waals surface area contributed by atoms with Gasteiger partial charge in [0.1, 0.15) is 12.4 Å². The third-order valence-corrected chi connectivity index (χ3v) is 4.26. The van der Waals surface area contributed by atoms with Gasteiger partial charge in [-0.1, -0.05) is 30.3 Å². The van der Waals surface area contributed by atoms with Crippen molar-refractivity contribution in [3.05, 3.63) is 72.6 Å². The summed E-state index contributed by atoms with van der Waals surface area (Å²) in [6.45, 7) is -2.65. The first-order valence-electron chi connectivity index (χ1n) is 8.79. The van der Waals surface area contributed by atoms with Crippen LogP contribution < -0.4 is 15.2 Å². The van der Waals surface area contributed by atoms with E-state index in [1.165, 1.54) is 12.1 Å². The van der Waals surface area contributed by atoms with Crippen LogP contribution in [0.3, 0.4) is 0 Å². The molecule has 4 rings (SSSR count). The highest BCUT2D eigenvalue weighted by atomic mass is 19.3. The fraction of sp³-hybridized carbons (Fsp3) is 0.150. The van der Waals surface area contributed by atoms with Crippen LogP contribution in [0.5, 0.6) is 11.6 Å². The van der Waals surface area contributed by atoms with E-state index in [1.54, 1.807) is 28.9 Å². The van der Waals surface area contributed by atoms with Crippen molar-refractivity contribution in [2.45, 2.75) is 12.7 Å². The van der Waals surface area contributed by atoms with E-state index in [2.05, 4.69) is 19.9 Å². The van der Waals surface area contributed by atoms with E-state index in [9.17, 15) is 8.78 Å². The number of aromatic nitrogens is 4. The second-order valence-corrected chi connectivity index (χ2v) is 6.19. The first-order chi connectivity index (χ1) is 14.1. The molecule has 0 radical (unpaired) electrons. The maximum absolute atomic E-state index is 12.3. The van der Waals surface area contributed by atoms with Crippen molar-refractivity contribution < 1.29 is 18.3 Å². The van der Waals surface area contributed by atoms with Gasteiger partial charge in [0, 0.05) is 5.56 Å². The first kappa shape index (κ1) is 18.8. The zero-order valence-electron chi connectivity index (χ0n) is 15.2. The molecule has 0 fully saturated rings. The maximum Gasteiger partial charge on any atom is 0.387 e. The zero-order valence-corrected chi connectivity index (χ0v) is 15.2. The average molecular weight is 397 g/mol. The fourth-order valence-corrected chi connectivity index (χ4v) is 2.87. The van der Waals surface area contributed by atoms with Crippen LogP contribution in [0.4, 0.5) is 8.78 Å². The standard InChI is InChI=1S/C20H17F2N5O2/c21-20(22)29-15-8-6-14(7-9-15)19-26-25-17-10-24-11-18(27(17)19)28-12-16(23)13-4-2-1-3-5-13/h1-11,16,20H,12,23H2. The molecule has 4 aromatic rings. The Labute approximate surface area is 164 Å². The molecule has 0 aliphatic carbocycles. The third-order valence-electron chi connectivity index (χ3n) is 4.26. The number of halogens is 2. The minimum atomic E-state index is -2.88. The van der Waals surface area contributed by atoms with Crippen LogP contribution in [0.15, 0.2) is 67.0 Å². The monoisotopic (exact) mass is 397 g/mol. The Hall–Kier alpha value is -3.59. The molecule has 1 unspecified atom stereocenters. The van der Waals surface area contributed by atoms with E-state index in [0.717, 1.165) is 5.56 Å². The number of fused-ring (bicyclic) bond motifs is 1. The molecule has 29 heavy (non-hydrogen) atoms. The van der Waals surface area contributed by atoms with Crippen molar-refractivity contribution in [2.75, 3.05) is 6.61 Å². The molecular formula is C20H17F2N5O2. The second-order valence-electron chi connectivity index (χ2n) is 6.19. The van der Waals surface area contributed by atoms with Gasteiger partial charge in [0.2, 0.25) is 5.88 Å². The van der Waals surface area contributed by atoms with Gasteiger partial charge in [-0.3, -0.25) is 4.98 Å². The number of rotatable bonds is 7. The highest BCUT2D eigenvalue weighted by Gasteiger charge is 2.15. The minimum absolute atomic E-state index is 0.0598. The Bertz CT molecular complexity index is 1090. The molecule has 2 aromatic heterocycles. The SMILES string of the molecule is NC(COc1cncc2nnc(-c3ccc(OC(F)F)cc3)n12)c1ccccc1. The van der Waals surface area contributed by atoms with Crippen molar-refractivity contribution in [2.24, 2.45) is 5.73 Å². The molecule has 0 bridgehead atoms. The summed E-state index contributed by atoms with van der Waals surface area (Å²) in [4.78, 5) is 4.12. The van der Waals surface area contributed by atoms with Gasteiger partial charge >= 0.3 is 6.61 Å². The summed E-state index contributed by atoms with van der Waals surface area (Å²) < 4.78 is 36.7. The van der Waals surface area contributed by atoms with Crippen molar-refractivity contribution in [1.29, 1.82) is 0 Å². The lowest BCUT2D eigenvalue weighted by Gasteiger charge is -2.14. The van der Waals surface area contributed by atoms with Gasteiger partial charge in [0.15, 0.2) is 11.5 Å². The lowest BCUT2D eigenvalue weighted by molar-refractivity contribution is -0.0498. The maximum atomic E-state index is 12.3. The number of nitrogens with two attached hydrogens (primary N) is 1. The molecule has 2 heterocycles. The van der Waals surface area contributed by atoms with Gasteiger partial charge < -0.3 is 15.2 Å². The van der Waals surface area contributed by atoms with E-state index in [0.29, 0.717) is 22.9 Å². The van der Waals surface area contributed by atoms with E-state index < -0.39 is 6.61 Å². The lowest BCUT2D eigenvalue weighted by atomic mass is 10.1. The molecule has 0 aliphatic heterocycles. The topological polar surface area (TPSA) is 87.6 Å². The first-order valence-corrected chi connectivity index (χ1v) is 8.79. The Kier molecular flexibility index (Phi) is 5.30. The summed E-state index contributed by atoms with van der Waals surface area (Å²) in [7, 11) is 0. The quantitative estimate of drug-likeness (QED) is 0.514. The smallest absolute Gasteiger partial charge is 0.387 e. The number of hydrogen-bond acceptors (Lipinski definition) is 6. The van der Waals surface area contributed by atoms with Crippen molar-refractivity contribution >= 4 is 5.65 Å². The van der Waals surface area contributed by atoms with Gasteiger partial charge in [-0.05, 0) is 29.8 Å². The zero-order chi connectivity index (χ0) is 20.2. The molecule has 2 aromatic carbocycles. The van der Waals surface area contributed by atoms with Crippen LogP contribution >= 0.6 is 0 Å². The largest absolute Gasteiger partial charge is 0.475 e. The van der Waals surface area contributed by atoms with Crippen LogP contribution in [0.2, 0.25) is 0 Å². The van der Waals surface area contributed by atoms with Gasteiger partial charge in [0.25, 0.3) is 0 Å². The van der Waals surface area contributed by atoms with E-state index in [4.69, 9.17) is 10.5 Å². The van der Waals surface area contributed by atoms with Gasteiger partial charge in [-0.15, -0.1) is 10.2 Å². The molecular weight excluding hydrogens is 380 g/mol. The van der Waals surface area contributed by atoms with E-state index in [-0.39, 0.29) is 18.4 Å². The predicted octanol–water partition coefficient (Wildman–Crippen LogP) is 3.47. The highest BCUT2D eigenvalue weighted by Crippen LogP contribution is 2.26. The summed E-state index contributed by atoms with van der Waals surface area (Å²) in [6.07, 6.45) is 3.10. The molecule has 9 heteroatoms. The average Bonchev–Trinajstić information content (AvgIpc) is 3.17. The minimum Gasteiger partial charge on any atom is -0.475 e. The van der Waals surface area contributed by atoms with Crippen LogP contribution in [-0.4, -0.2) is 32.8 Å². The Morgan fingerprint density at radius 2 is 1.72 bits per heavy atom.